The first-order valence-corrected chi connectivity index (χ1v) is 5.92. The molecule has 0 aliphatic heterocycles. The Morgan fingerprint density at radius 3 is 2.81 bits per heavy atom. The van der Waals surface area contributed by atoms with Crippen molar-refractivity contribution in [2.24, 2.45) is 0 Å². The Bertz CT molecular complexity index is 296. The van der Waals surface area contributed by atoms with Gasteiger partial charge in [0.1, 0.15) is 0 Å². The van der Waals surface area contributed by atoms with E-state index in [1.165, 1.54) is 5.69 Å². The lowest BCUT2D eigenvalue weighted by atomic mass is 10.2. The summed E-state index contributed by atoms with van der Waals surface area (Å²) in [5.41, 5.74) is 1.23. The predicted molar refractivity (Wildman–Crippen MR) is 65.4 cm³/mol. The van der Waals surface area contributed by atoms with E-state index in [1.807, 2.05) is 12.5 Å². The molecule has 1 aromatic rings. The number of aromatic nitrogens is 2. The molecule has 4 heteroatoms. The van der Waals surface area contributed by atoms with Crippen LogP contribution in [0.15, 0.2) is 12.5 Å². The molecule has 1 unspecified atom stereocenters. The van der Waals surface area contributed by atoms with Crippen LogP contribution in [0.3, 0.4) is 0 Å². The number of rotatable bonds is 7. The van der Waals surface area contributed by atoms with E-state index in [4.69, 9.17) is 4.74 Å². The van der Waals surface area contributed by atoms with Crippen molar-refractivity contribution in [3.05, 3.63) is 18.2 Å². The van der Waals surface area contributed by atoms with Gasteiger partial charge in [-0.25, -0.2) is 4.98 Å². The van der Waals surface area contributed by atoms with Gasteiger partial charge in [0.05, 0.1) is 18.6 Å². The fraction of sp³-hybridized carbons (Fsp3) is 0.750. The summed E-state index contributed by atoms with van der Waals surface area (Å²) in [4.78, 5) is 4.18. The van der Waals surface area contributed by atoms with Crippen molar-refractivity contribution in [1.29, 1.82) is 0 Å². The highest BCUT2D eigenvalue weighted by Gasteiger charge is 2.08. The van der Waals surface area contributed by atoms with E-state index in [0.717, 1.165) is 19.6 Å². The first-order valence-electron chi connectivity index (χ1n) is 5.92. The second-order valence-electron chi connectivity index (χ2n) is 4.33. The third-order valence-electron chi connectivity index (χ3n) is 2.74. The van der Waals surface area contributed by atoms with Gasteiger partial charge in [-0.3, -0.25) is 0 Å². The van der Waals surface area contributed by atoms with Crippen molar-refractivity contribution in [2.75, 3.05) is 13.7 Å². The molecule has 1 N–H and O–H groups in total. The molecule has 0 amide bonds. The molecule has 0 radical (unpaired) electrons. The van der Waals surface area contributed by atoms with Crippen molar-refractivity contribution < 1.29 is 4.74 Å². The lowest BCUT2D eigenvalue weighted by Gasteiger charge is -2.17. The third kappa shape index (κ3) is 3.61. The van der Waals surface area contributed by atoms with Gasteiger partial charge in [-0.05, 0) is 20.3 Å². The Labute approximate surface area is 98.0 Å². The standard InChI is InChI=1S/C12H23N3O/c1-5-11(8-16-4)14-7-12-6-13-9-15(12)10(2)3/h6,9-11,14H,5,7-8H2,1-4H3. The van der Waals surface area contributed by atoms with E-state index in [-0.39, 0.29) is 0 Å². The van der Waals surface area contributed by atoms with E-state index < -0.39 is 0 Å². The third-order valence-corrected chi connectivity index (χ3v) is 2.74. The van der Waals surface area contributed by atoms with E-state index in [9.17, 15) is 0 Å². The molecule has 92 valence electrons. The van der Waals surface area contributed by atoms with Gasteiger partial charge in [0.2, 0.25) is 0 Å². The van der Waals surface area contributed by atoms with Crippen molar-refractivity contribution >= 4 is 0 Å². The molecule has 0 aliphatic carbocycles. The fourth-order valence-electron chi connectivity index (χ4n) is 1.71. The quantitative estimate of drug-likeness (QED) is 0.771. The molecule has 0 fully saturated rings. The zero-order chi connectivity index (χ0) is 12.0. The summed E-state index contributed by atoms with van der Waals surface area (Å²) in [6, 6.07) is 0.877. The molecular formula is C12H23N3O. The number of methoxy groups -OCH3 is 1. The highest BCUT2D eigenvalue weighted by atomic mass is 16.5. The summed E-state index contributed by atoms with van der Waals surface area (Å²) in [5, 5.41) is 3.48. The largest absolute Gasteiger partial charge is 0.383 e. The lowest BCUT2D eigenvalue weighted by Crippen LogP contribution is -2.32. The summed E-state index contributed by atoms with van der Waals surface area (Å²) < 4.78 is 7.34. The van der Waals surface area contributed by atoms with Gasteiger partial charge in [-0.2, -0.15) is 0 Å². The number of imidazole rings is 1. The molecular weight excluding hydrogens is 202 g/mol. The molecule has 0 spiro atoms. The second-order valence-corrected chi connectivity index (χ2v) is 4.33. The molecule has 16 heavy (non-hydrogen) atoms. The highest BCUT2D eigenvalue weighted by molar-refractivity contribution is 4.99. The van der Waals surface area contributed by atoms with Crippen molar-refractivity contribution in [2.45, 2.75) is 45.8 Å². The number of nitrogens with one attached hydrogen (secondary N) is 1. The van der Waals surface area contributed by atoms with Gasteiger partial charge in [-0.15, -0.1) is 0 Å². The van der Waals surface area contributed by atoms with Crippen molar-refractivity contribution in [3.8, 4) is 0 Å². The maximum atomic E-state index is 5.16. The maximum absolute atomic E-state index is 5.16. The van der Waals surface area contributed by atoms with E-state index in [1.54, 1.807) is 7.11 Å². The Hall–Kier alpha value is -0.870. The minimum absolute atomic E-state index is 0.417. The first kappa shape index (κ1) is 13.2. The van der Waals surface area contributed by atoms with Crippen LogP contribution in [0.4, 0.5) is 0 Å². The van der Waals surface area contributed by atoms with E-state index in [0.29, 0.717) is 12.1 Å². The summed E-state index contributed by atoms with van der Waals surface area (Å²) in [5.74, 6) is 0. The molecule has 0 bridgehead atoms. The summed E-state index contributed by atoms with van der Waals surface area (Å²) in [7, 11) is 1.74. The lowest BCUT2D eigenvalue weighted by molar-refractivity contribution is 0.163. The van der Waals surface area contributed by atoms with E-state index in [2.05, 4.69) is 35.6 Å². The molecule has 0 saturated heterocycles. The Morgan fingerprint density at radius 2 is 2.25 bits per heavy atom. The van der Waals surface area contributed by atoms with Crippen LogP contribution in [0.2, 0.25) is 0 Å². The first-order chi connectivity index (χ1) is 7.69. The molecule has 0 aliphatic rings. The molecule has 0 aromatic carbocycles. The smallest absolute Gasteiger partial charge is 0.0951 e. The van der Waals surface area contributed by atoms with Crippen LogP contribution < -0.4 is 5.32 Å². The van der Waals surface area contributed by atoms with Gasteiger partial charge in [0.15, 0.2) is 0 Å². The zero-order valence-corrected chi connectivity index (χ0v) is 10.7. The Kier molecular flexibility index (Phi) is 5.49. The zero-order valence-electron chi connectivity index (χ0n) is 10.7. The SMILES string of the molecule is CCC(COC)NCc1cncn1C(C)C. The molecule has 1 aromatic heterocycles. The second kappa shape index (κ2) is 6.66. The number of nitrogens with zero attached hydrogens (tertiary/aromatic N) is 2. The molecule has 1 atom stereocenters. The van der Waals surface area contributed by atoms with Crippen molar-refractivity contribution in [3.63, 3.8) is 0 Å². The van der Waals surface area contributed by atoms with Crippen LogP contribution in [0.5, 0.6) is 0 Å². The minimum Gasteiger partial charge on any atom is -0.383 e. The van der Waals surface area contributed by atoms with Crippen LogP contribution in [0.25, 0.3) is 0 Å². The van der Waals surface area contributed by atoms with Crippen LogP contribution >= 0.6 is 0 Å². The normalized spacial score (nSPS) is 13.3. The average Bonchev–Trinajstić information content (AvgIpc) is 2.72. The van der Waals surface area contributed by atoms with Gasteiger partial charge >= 0.3 is 0 Å². The van der Waals surface area contributed by atoms with Gasteiger partial charge in [0.25, 0.3) is 0 Å². The summed E-state index contributed by atoms with van der Waals surface area (Å²) in [6.07, 6.45) is 4.88. The highest BCUT2D eigenvalue weighted by Crippen LogP contribution is 2.08. The number of hydrogen-bond acceptors (Lipinski definition) is 3. The maximum Gasteiger partial charge on any atom is 0.0951 e. The summed E-state index contributed by atoms with van der Waals surface area (Å²) in [6.45, 7) is 8.10. The Balaban J connectivity index is 2.49. The minimum atomic E-state index is 0.417. The van der Waals surface area contributed by atoms with Gasteiger partial charge in [-0.1, -0.05) is 6.92 Å². The number of ether oxygens (including phenoxy) is 1. The van der Waals surface area contributed by atoms with Crippen molar-refractivity contribution in [1.82, 2.24) is 14.9 Å². The van der Waals surface area contributed by atoms with Gasteiger partial charge in [0, 0.05) is 31.9 Å². The van der Waals surface area contributed by atoms with Gasteiger partial charge < -0.3 is 14.6 Å². The predicted octanol–water partition coefficient (Wildman–Crippen LogP) is 1.98. The monoisotopic (exact) mass is 225 g/mol. The van der Waals surface area contributed by atoms with Crippen LogP contribution in [0, 0.1) is 0 Å². The topological polar surface area (TPSA) is 39.1 Å². The molecule has 1 rings (SSSR count). The molecule has 0 saturated carbocycles. The summed E-state index contributed by atoms with van der Waals surface area (Å²) >= 11 is 0. The van der Waals surface area contributed by atoms with Crippen LogP contribution in [-0.4, -0.2) is 29.3 Å². The fourth-order valence-corrected chi connectivity index (χ4v) is 1.71. The molecule has 4 nitrogen and oxygen atoms in total. The van der Waals surface area contributed by atoms with Crippen LogP contribution in [-0.2, 0) is 11.3 Å². The Morgan fingerprint density at radius 1 is 1.50 bits per heavy atom. The van der Waals surface area contributed by atoms with E-state index >= 15 is 0 Å². The van der Waals surface area contributed by atoms with Crippen LogP contribution in [0.1, 0.15) is 38.9 Å². The number of hydrogen-bond donors (Lipinski definition) is 1. The average molecular weight is 225 g/mol. The molecule has 1 heterocycles.